The first-order valence-electron chi connectivity index (χ1n) is 7.31. The van der Waals surface area contributed by atoms with Gasteiger partial charge in [-0.25, -0.2) is 4.39 Å². The highest BCUT2D eigenvalue weighted by Crippen LogP contribution is 2.38. The number of piperidine rings is 1. The van der Waals surface area contributed by atoms with Crippen molar-refractivity contribution in [2.24, 2.45) is 5.41 Å². The van der Waals surface area contributed by atoms with Crippen LogP contribution in [-0.4, -0.2) is 48.9 Å². The first-order valence-corrected chi connectivity index (χ1v) is 7.31. The van der Waals surface area contributed by atoms with Gasteiger partial charge in [0.1, 0.15) is 5.82 Å². The fraction of sp³-hybridized carbons (Fsp3) is 0.562. The molecule has 20 heavy (non-hydrogen) atoms. The highest BCUT2D eigenvalue weighted by molar-refractivity contribution is 5.94. The molecule has 3 rings (SSSR count). The first kappa shape index (κ1) is 13.6. The topological polar surface area (TPSA) is 23.6 Å². The number of halogens is 1. The number of hydrogen-bond acceptors (Lipinski definition) is 2. The standard InChI is InChI=1S/C16H21FN2O/c1-18-9-7-16(11-18)6-3-8-19(12-16)15(20)13-4-2-5-14(17)10-13/h2,4-5,10H,3,6-9,11-12H2,1H3/t16-/m0/s1. The third kappa shape index (κ3) is 2.57. The van der Waals surface area contributed by atoms with Crippen LogP contribution in [0.1, 0.15) is 29.6 Å². The van der Waals surface area contributed by atoms with Gasteiger partial charge in [-0.15, -0.1) is 0 Å². The van der Waals surface area contributed by atoms with Crippen molar-refractivity contribution in [3.63, 3.8) is 0 Å². The minimum absolute atomic E-state index is 0.0295. The maximum absolute atomic E-state index is 13.3. The van der Waals surface area contributed by atoms with Crippen molar-refractivity contribution in [1.29, 1.82) is 0 Å². The molecule has 1 aromatic carbocycles. The molecule has 3 nitrogen and oxygen atoms in total. The summed E-state index contributed by atoms with van der Waals surface area (Å²) in [5.74, 6) is -0.374. The van der Waals surface area contributed by atoms with Gasteiger partial charge < -0.3 is 9.80 Å². The van der Waals surface area contributed by atoms with Gasteiger partial charge in [0.2, 0.25) is 0 Å². The number of nitrogens with zero attached hydrogens (tertiary/aromatic N) is 2. The summed E-state index contributed by atoms with van der Waals surface area (Å²) in [6.07, 6.45) is 3.41. The Kier molecular flexibility index (Phi) is 3.50. The molecule has 2 aliphatic rings. The van der Waals surface area contributed by atoms with E-state index in [-0.39, 0.29) is 17.1 Å². The van der Waals surface area contributed by atoms with Crippen molar-refractivity contribution in [3.8, 4) is 0 Å². The number of rotatable bonds is 1. The van der Waals surface area contributed by atoms with E-state index in [1.165, 1.54) is 18.6 Å². The van der Waals surface area contributed by atoms with E-state index in [1.807, 2.05) is 4.90 Å². The van der Waals surface area contributed by atoms with Crippen LogP contribution in [0.3, 0.4) is 0 Å². The van der Waals surface area contributed by atoms with Gasteiger partial charge in [-0.05, 0) is 51.1 Å². The Hall–Kier alpha value is -1.42. The molecular weight excluding hydrogens is 255 g/mol. The number of amides is 1. The van der Waals surface area contributed by atoms with E-state index in [9.17, 15) is 9.18 Å². The highest BCUT2D eigenvalue weighted by atomic mass is 19.1. The summed E-state index contributed by atoms with van der Waals surface area (Å²) >= 11 is 0. The van der Waals surface area contributed by atoms with Gasteiger partial charge in [-0.2, -0.15) is 0 Å². The molecule has 1 atom stereocenters. The summed E-state index contributed by atoms with van der Waals surface area (Å²) in [6, 6.07) is 6.02. The van der Waals surface area contributed by atoms with Gasteiger partial charge in [-0.1, -0.05) is 6.07 Å². The molecule has 1 spiro atoms. The molecule has 0 bridgehead atoms. The molecule has 108 valence electrons. The Morgan fingerprint density at radius 2 is 2.10 bits per heavy atom. The Bertz CT molecular complexity index is 515. The van der Waals surface area contributed by atoms with Crippen molar-refractivity contribution in [3.05, 3.63) is 35.6 Å². The normalized spacial score (nSPS) is 27.2. The molecule has 2 aliphatic heterocycles. The molecule has 2 heterocycles. The number of hydrogen-bond donors (Lipinski definition) is 0. The summed E-state index contributed by atoms with van der Waals surface area (Å²) in [4.78, 5) is 16.8. The first-order chi connectivity index (χ1) is 9.58. The third-order valence-electron chi connectivity index (χ3n) is 4.65. The van der Waals surface area contributed by atoms with Crippen LogP contribution < -0.4 is 0 Å². The second-order valence-electron chi connectivity index (χ2n) is 6.33. The minimum Gasteiger partial charge on any atom is -0.338 e. The predicted octanol–water partition coefficient (Wildman–Crippen LogP) is 2.38. The number of carbonyl (C=O) groups is 1. The Morgan fingerprint density at radius 3 is 2.80 bits per heavy atom. The lowest BCUT2D eigenvalue weighted by Crippen LogP contribution is -2.47. The van der Waals surface area contributed by atoms with E-state index < -0.39 is 0 Å². The van der Waals surface area contributed by atoms with Gasteiger partial charge in [-0.3, -0.25) is 4.79 Å². The van der Waals surface area contributed by atoms with E-state index in [0.29, 0.717) is 5.56 Å². The van der Waals surface area contributed by atoms with Crippen LogP contribution in [0.5, 0.6) is 0 Å². The van der Waals surface area contributed by atoms with Crippen LogP contribution in [0.15, 0.2) is 24.3 Å². The zero-order chi connectivity index (χ0) is 14.2. The Balaban J connectivity index is 1.75. The molecule has 0 unspecified atom stereocenters. The van der Waals surface area contributed by atoms with Crippen molar-refractivity contribution in [1.82, 2.24) is 9.80 Å². The van der Waals surface area contributed by atoms with Gasteiger partial charge in [0, 0.05) is 30.6 Å². The SMILES string of the molecule is CN1CC[C@@]2(CCCN(C(=O)c3cccc(F)c3)C2)C1. The Labute approximate surface area is 119 Å². The van der Waals surface area contributed by atoms with E-state index >= 15 is 0 Å². The van der Waals surface area contributed by atoms with Crippen molar-refractivity contribution in [2.45, 2.75) is 19.3 Å². The van der Waals surface area contributed by atoms with Crippen molar-refractivity contribution in [2.75, 3.05) is 33.2 Å². The second kappa shape index (κ2) is 5.17. The second-order valence-corrected chi connectivity index (χ2v) is 6.33. The molecule has 2 fully saturated rings. The molecule has 0 aromatic heterocycles. The van der Waals surface area contributed by atoms with Crippen LogP contribution in [-0.2, 0) is 0 Å². The number of carbonyl (C=O) groups excluding carboxylic acids is 1. The zero-order valence-electron chi connectivity index (χ0n) is 11.9. The highest BCUT2D eigenvalue weighted by Gasteiger charge is 2.41. The molecule has 0 saturated carbocycles. The molecule has 1 aromatic rings. The predicted molar refractivity (Wildman–Crippen MR) is 76.1 cm³/mol. The van der Waals surface area contributed by atoms with Gasteiger partial charge >= 0.3 is 0 Å². The smallest absolute Gasteiger partial charge is 0.253 e. The van der Waals surface area contributed by atoms with Gasteiger partial charge in [0.15, 0.2) is 0 Å². The molecule has 1 amide bonds. The van der Waals surface area contributed by atoms with E-state index in [4.69, 9.17) is 0 Å². The summed E-state index contributed by atoms with van der Waals surface area (Å²) < 4.78 is 13.3. The fourth-order valence-electron chi connectivity index (χ4n) is 3.68. The van der Waals surface area contributed by atoms with Crippen molar-refractivity contribution < 1.29 is 9.18 Å². The average molecular weight is 276 g/mol. The number of likely N-dealkylation sites (tertiary alicyclic amines) is 2. The lowest BCUT2D eigenvalue weighted by Gasteiger charge is -2.40. The molecule has 4 heteroatoms. The summed E-state index contributed by atoms with van der Waals surface area (Å²) in [5.41, 5.74) is 0.726. The fourth-order valence-corrected chi connectivity index (χ4v) is 3.68. The Morgan fingerprint density at radius 1 is 1.25 bits per heavy atom. The lowest BCUT2D eigenvalue weighted by atomic mass is 9.79. The van der Waals surface area contributed by atoms with Gasteiger partial charge in [0.25, 0.3) is 5.91 Å². The van der Waals surface area contributed by atoms with Crippen molar-refractivity contribution >= 4 is 5.91 Å². The third-order valence-corrected chi connectivity index (χ3v) is 4.65. The molecule has 0 radical (unpaired) electrons. The van der Waals surface area contributed by atoms with E-state index in [1.54, 1.807) is 12.1 Å². The van der Waals surface area contributed by atoms with Crippen LogP contribution in [0.25, 0.3) is 0 Å². The van der Waals surface area contributed by atoms with E-state index in [2.05, 4.69) is 11.9 Å². The summed E-state index contributed by atoms with van der Waals surface area (Å²) in [7, 11) is 2.14. The molecule has 0 aliphatic carbocycles. The summed E-state index contributed by atoms with van der Waals surface area (Å²) in [5, 5.41) is 0. The molecule has 2 saturated heterocycles. The zero-order valence-corrected chi connectivity index (χ0v) is 11.9. The maximum Gasteiger partial charge on any atom is 0.253 e. The quantitative estimate of drug-likeness (QED) is 0.786. The maximum atomic E-state index is 13.3. The molecule has 0 N–H and O–H groups in total. The van der Waals surface area contributed by atoms with Crippen LogP contribution in [0.4, 0.5) is 4.39 Å². The van der Waals surface area contributed by atoms with Crippen LogP contribution >= 0.6 is 0 Å². The summed E-state index contributed by atoms with van der Waals surface area (Å²) in [6.45, 7) is 3.79. The largest absolute Gasteiger partial charge is 0.338 e. The minimum atomic E-state index is -0.344. The lowest BCUT2D eigenvalue weighted by molar-refractivity contribution is 0.0534. The average Bonchev–Trinajstić information content (AvgIpc) is 2.78. The monoisotopic (exact) mass is 276 g/mol. The van der Waals surface area contributed by atoms with E-state index in [0.717, 1.165) is 39.0 Å². The number of benzene rings is 1. The molecular formula is C16H21FN2O. The van der Waals surface area contributed by atoms with Crippen LogP contribution in [0.2, 0.25) is 0 Å². The van der Waals surface area contributed by atoms with Gasteiger partial charge in [0.05, 0.1) is 0 Å². The van der Waals surface area contributed by atoms with Crippen LogP contribution in [0, 0.1) is 11.2 Å².